The molecule has 0 aliphatic rings. The molecule has 6 nitrogen and oxygen atoms in total. The first-order valence-corrected chi connectivity index (χ1v) is 6.18. The molecule has 0 aromatic carbocycles. The zero-order chi connectivity index (χ0) is 13.5. The van der Waals surface area contributed by atoms with E-state index in [1.54, 1.807) is 29.6 Å². The van der Waals surface area contributed by atoms with Crippen molar-refractivity contribution >= 4 is 5.65 Å². The van der Waals surface area contributed by atoms with Crippen LogP contribution in [0.4, 0.5) is 0 Å². The summed E-state index contributed by atoms with van der Waals surface area (Å²) >= 11 is 0. The summed E-state index contributed by atoms with van der Waals surface area (Å²) in [7, 11) is 1.89. The third-order valence-corrected chi connectivity index (χ3v) is 3.18. The van der Waals surface area contributed by atoms with Crippen molar-refractivity contribution in [2.24, 2.45) is 7.05 Å². The lowest BCUT2D eigenvalue weighted by atomic mass is 10.2. The number of imidazole rings is 1. The van der Waals surface area contributed by atoms with Gasteiger partial charge in [0, 0.05) is 24.4 Å². The van der Waals surface area contributed by atoms with Gasteiger partial charge in [0.2, 0.25) is 0 Å². The normalized spacial score (nSPS) is 11.2. The van der Waals surface area contributed by atoms with E-state index in [4.69, 9.17) is 4.42 Å². The quantitative estimate of drug-likeness (QED) is 0.558. The summed E-state index contributed by atoms with van der Waals surface area (Å²) in [5.74, 6) is 0. The van der Waals surface area contributed by atoms with Gasteiger partial charge in [0.15, 0.2) is 5.65 Å². The molecule has 0 bridgehead atoms. The molecule has 0 atom stereocenters. The van der Waals surface area contributed by atoms with Gasteiger partial charge in [-0.2, -0.15) is 10.2 Å². The Hall–Kier alpha value is -2.89. The number of aryl methyl sites for hydroxylation is 1. The lowest BCUT2D eigenvalue weighted by molar-refractivity contribution is 0.568. The highest BCUT2D eigenvalue weighted by atomic mass is 16.3. The van der Waals surface area contributed by atoms with Gasteiger partial charge in [-0.3, -0.25) is 4.68 Å². The molecule has 0 N–H and O–H groups in total. The Kier molecular flexibility index (Phi) is 2.23. The minimum Gasteiger partial charge on any atom is -0.472 e. The fourth-order valence-electron chi connectivity index (χ4n) is 2.19. The van der Waals surface area contributed by atoms with Crippen molar-refractivity contribution in [3.05, 3.63) is 49.3 Å². The zero-order valence-electron chi connectivity index (χ0n) is 10.8. The molecule has 4 aromatic heterocycles. The molecule has 4 rings (SSSR count). The summed E-state index contributed by atoms with van der Waals surface area (Å²) in [6.07, 6.45) is 8.84. The van der Waals surface area contributed by atoms with Crippen LogP contribution in [0.2, 0.25) is 0 Å². The highest BCUT2D eigenvalue weighted by molar-refractivity contribution is 5.64. The average Bonchev–Trinajstić information content (AvgIpc) is 3.17. The lowest BCUT2D eigenvalue weighted by Crippen LogP contribution is -1.95. The summed E-state index contributed by atoms with van der Waals surface area (Å²) in [6, 6.07) is 5.78. The van der Waals surface area contributed by atoms with E-state index < -0.39 is 0 Å². The molecule has 0 fully saturated rings. The number of furan rings is 1. The van der Waals surface area contributed by atoms with Gasteiger partial charge in [-0.05, 0) is 18.2 Å². The van der Waals surface area contributed by atoms with Gasteiger partial charge in [-0.25, -0.2) is 9.50 Å². The number of hydrogen-bond donors (Lipinski definition) is 0. The topological polar surface area (TPSA) is 61.2 Å². The molecule has 6 heteroatoms. The van der Waals surface area contributed by atoms with Gasteiger partial charge in [0.05, 0.1) is 36.3 Å². The van der Waals surface area contributed by atoms with Crippen LogP contribution in [0.15, 0.2) is 53.7 Å². The predicted molar refractivity (Wildman–Crippen MR) is 72.9 cm³/mol. The number of nitrogens with zero attached hydrogens (tertiary/aromatic N) is 5. The maximum Gasteiger partial charge on any atom is 0.154 e. The SMILES string of the molecule is Cn1cc(-c2ccc3ncc(-c4ccoc4)n3n2)cn1. The summed E-state index contributed by atoms with van der Waals surface area (Å²) in [6.45, 7) is 0. The highest BCUT2D eigenvalue weighted by Crippen LogP contribution is 2.22. The van der Waals surface area contributed by atoms with Gasteiger partial charge in [-0.1, -0.05) is 0 Å². The van der Waals surface area contributed by atoms with E-state index in [0.717, 1.165) is 28.2 Å². The van der Waals surface area contributed by atoms with E-state index in [1.807, 2.05) is 36.0 Å². The lowest BCUT2D eigenvalue weighted by Gasteiger charge is -2.01. The second-order valence-corrected chi connectivity index (χ2v) is 4.55. The molecule has 0 unspecified atom stereocenters. The van der Waals surface area contributed by atoms with E-state index in [-0.39, 0.29) is 0 Å². The van der Waals surface area contributed by atoms with Gasteiger partial charge in [-0.15, -0.1) is 0 Å². The molecule has 0 saturated heterocycles. The molecule has 0 saturated carbocycles. The monoisotopic (exact) mass is 265 g/mol. The molecule has 4 heterocycles. The maximum atomic E-state index is 5.12. The van der Waals surface area contributed by atoms with Crippen LogP contribution >= 0.6 is 0 Å². The maximum absolute atomic E-state index is 5.12. The second-order valence-electron chi connectivity index (χ2n) is 4.55. The van der Waals surface area contributed by atoms with Gasteiger partial charge in [0.1, 0.15) is 0 Å². The van der Waals surface area contributed by atoms with E-state index in [2.05, 4.69) is 15.2 Å². The molecule has 0 radical (unpaired) electrons. The van der Waals surface area contributed by atoms with Crippen LogP contribution in [0.1, 0.15) is 0 Å². The Morgan fingerprint density at radius 1 is 1.10 bits per heavy atom. The minimum atomic E-state index is 0.800. The van der Waals surface area contributed by atoms with Crippen molar-refractivity contribution < 1.29 is 4.42 Å². The van der Waals surface area contributed by atoms with Crippen molar-refractivity contribution in [1.29, 1.82) is 0 Å². The molecule has 20 heavy (non-hydrogen) atoms. The van der Waals surface area contributed by atoms with Crippen molar-refractivity contribution in [2.75, 3.05) is 0 Å². The zero-order valence-corrected chi connectivity index (χ0v) is 10.8. The van der Waals surface area contributed by atoms with Crippen LogP contribution in [-0.4, -0.2) is 24.4 Å². The minimum absolute atomic E-state index is 0.800. The Morgan fingerprint density at radius 2 is 2.05 bits per heavy atom. The largest absolute Gasteiger partial charge is 0.472 e. The smallest absolute Gasteiger partial charge is 0.154 e. The van der Waals surface area contributed by atoms with Crippen molar-refractivity contribution in [1.82, 2.24) is 24.4 Å². The second kappa shape index (κ2) is 4.06. The van der Waals surface area contributed by atoms with Crippen molar-refractivity contribution in [2.45, 2.75) is 0 Å². The number of rotatable bonds is 2. The highest BCUT2D eigenvalue weighted by Gasteiger charge is 2.10. The number of fused-ring (bicyclic) bond motifs is 1. The Balaban J connectivity index is 1.92. The van der Waals surface area contributed by atoms with Crippen molar-refractivity contribution in [3.8, 4) is 22.5 Å². The van der Waals surface area contributed by atoms with E-state index >= 15 is 0 Å². The molecular formula is C14H11N5O. The first kappa shape index (κ1) is 11.0. The molecule has 0 aliphatic carbocycles. The Morgan fingerprint density at radius 3 is 2.80 bits per heavy atom. The van der Waals surface area contributed by atoms with Crippen LogP contribution in [0.5, 0.6) is 0 Å². The summed E-state index contributed by atoms with van der Waals surface area (Å²) in [5.41, 5.74) is 4.48. The van der Waals surface area contributed by atoms with Gasteiger partial charge < -0.3 is 4.42 Å². The van der Waals surface area contributed by atoms with E-state index in [0.29, 0.717) is 0 Å². The molecule has 0 spiro atoms. The third-order valence-electron chi connectivity index (χ3n) is 3.18. The standard InChI is InChI=1S/C14H11N5O/c1-18-8-11(6-16-18)12-2-3-14-15-7-13(19(14)17-12)10-4-5-20-9-10/h2-9H,1H3. The van der Waals surface area contributed by atoms with Crippen LogP contribution < -0.4 is 0 Å². The average molecular weight is 265 g/mol. The molecule has 98 valence electrons. The van der Waals surface area contributed by atoms with Crippen molar-refractivity contribution in [3.63, 3.8) is 0 Å². The van der Waals surface area contributed by atoms with Crippen LogP contribution in [0.25, 0.3) is 28.2 Å². The fraction of sp³-hybridized carbons (Fsp3) is 0.0714. The Labute approximate surface area is 114 Å². The first-order chi connectivity index (χ1) is 9.81. The third kappa shape index (κ3) is 1.62. The summed E-state index contributed by atoms with van der Waals surface area (Å²) in [5, 5.41) is 8.80. The van der Waals surface area contributed by atoms with Crippen LogP contribution in [-0.2, 0) is 7.05 Å². The van der Waals surface area contributed by atoms with Crippen LogP contribution in [0.3, 0.4) is 0 Å². The fourth-order valence-corrected chi connectivity index (χ4v) is 2.19. The molecule has 4 aromatic rings. The predicted octanol–water partition coefficient (Wildman–Crippen LogP) is 2.39. The van der Waals surface area contributed by atoms with E-state index in [9.17, 15) is 0 Å². The number of hydrogen-bond acceptors (Lipinski definition) is 4. The number of aromatic nitrogens is 5. The van der Waals surface area contributed by atoms with Gasteiger partial charge in [0.25, 0.3) is 0 Å². The first-order valence-electron chi connectivity index (χ1n) is 6.18. The summed E-state index contributed by atoms with van der Waals surface area (Å²) < 4.78 is 8.69. The molecular weight excluding hydrogens is 254 g/mol. The molecule has 0 aliphatic heterocycles. The summed E-state index contributed by atoms with van der Waals surface area (Å²) in [4.78, 5) is 4.35. The van der Waals surface area contributed by atoms with E-state index in [1.165, 1.54) is 0 Å². The van der Waals surface area contributed by atoms with Gasteiger partial charge >= 0.3 is 0 Å². The van der Waals surface area contributed by atoms with Crippen LogP contribution in [0, 0.1) is 0 Å². The Bertz CT molecular complexity index is 872. The molecule has 0 amide bonds.